The first-order valence-electron chi connectivity index (χ1n) is 10.8. The van der Waals surface area contributed by atoms with Crippen molar-refractivity contribution in [3.05, 3.63) is 66.4 Å². The standard InChI is InChI=1S/C25H27N5O/c1-16-24(18-7-5-17(6-8-18)19-3-2-4-21(27)15-19)30-23(13-14-28-30)29-25(16)31-22-11-9-20(26)10-12-22/h2-8,13-15,20,22H,9-12,26-27H2,1H3. The Kier molecular flexibility index (Phi) is 5.08. The summed E-state index contributed by atoms with van der Waals surface area (Å²) in [6, 6.07) is 18.6. The highest BCUT2D eigenvalue weighted by molar-refractivity contribution is 5.73. The third-order valence-corrected chi connectivity index (χ3v) is 6.10. The fourth-order valence-corrected chi connectivity index (χ4v) is 4.36. The van der Waals surface area contributed by atoms with E-state index in [9.17, 15) is 0 Å². The summed E-state index contributed by atoms with van der Waals surface area (Å²) in [5, 5.41) is 4.51. The molecule has 4 aromatic rings. The summed E-state index contributed by atoms with van der Waals surface area (Å²) in [6.45, 7) is 2.05. The number of rotatable bonds is 4. The van der Waals surface area contributed by atoms with Gasteiger partial charge in [0.25, 0.3) is 0 Å². The largest absolute Gasteiger partial charge is 0.474 e. The van der Waals surface area contributed by atoms with E-state index in [0.29, 0.717) is 11.9 Å². The Hall–Kier alpha value is -3.38. The first-order valence-corrected chi connectivity index (χ1v) is 10.8. The molecule has 2 aromatic heterocycles. The summed E-state index contributed by atoms with van der Waals surface area (Å²) < 4.78 is 8.24. The van der Waals surface area contributed by atoms with Crippen LogP contribution >= 0.6 is 0 Å². The zero-order valence-electron chi connectivity index (χ0n) is 17.7. The Morgan fingerprint density at radius 1 is 0.935 bits per heavy atom. The van der Waals surface area contributed by atoms with Crippen LogP contribution in [0.3, 0.4) is 0 Å². The van der Waals surface area contributed by atoms with Crippen molar-refractivity contribution in [3.8, 4) is 28.3 Å². The zero-order chi connectivity index (χ0) is 21.4. The van der Waals surface area contributed by atoms with E-state index >= 15 is 0 Å². The maximum Gasteiger partial charge on any atom is 0.220 e. The van der Waals surface area contributed by atoms with Crippen LogP contribution in [0.2, 0.25) is 0 Å². The molecule has 6 heteroatoms. The molecule has 0 aliphatic heterocycles. The maximum atomic E-state index is 6.36. The minimum atomic E-state index is 0.162. The molecule has 158 valence electrons. The summed E-state index contributed by atoms with van der Waals surface area (Å²) in [5.74, 6) is 0.684. The first kappa shape index (κ1) is 19.6. The predicted molar refractivity (Wildman–Crippen MR) is 124 cm³/mol. The number of benzene rings is 2. The van der Waals surface area contributed by atoms with Crippen LogP contribution in [-0.2, 0) is 0 Å². The summed E-state index contributed by atoms with van der Waals surface area (Å²) >= 11 is 0. The molecular formula is C25H27N5O. The molecular weight excluding hydrogens is 386 g/mol. The second-order valence-electron chi connectivity index (χ2n) is 8.35. The van der Waals surface area contributed by atoms with Gasteiger partial charge in [-0.1, -0.05) is 36.4 Å². The van der Waals surface area contributed by atoms with Crippen molar-refractivity contribution >= 4 is 11.3 Å². The van der Waals surface area contributed by atoms with Gasteiger partial charge in [0, 0.05) is 28.9 Å². The van der Waals surface area contributed by atoms with Crippen molar-refractivity contribution in [2.24, 2.45) is 5.73 Å². The summed E-state index contributed by atoms with van der Waals surface area (Å²) in [5.41, 5.74) is 18.8. The third kappa shape index (κ3) is 3.86. The Morgan fingerprint density at radius 2 is 1.68 bits per heavy atom. The number of hydrogen-bond acceptors (Lipinski definition) is 5. The van der Waals surface area contributed by atoms with E-state index in [1.165, 1.54) is 0 Å². The van der Waals surface area contributed by atoms with Crippen LogP contribution in [0.4, 0.5) is 5.69 Å². The fourth-order valence-electron chi connectivity index (χ4n) is 4.36. The van der Waals surface area contributed by atoms with Gasteiger partial charge in [0.1, 0.15) is 6.10 Å². The predicted octanol–water partition coefficient (Wildman–Crippen LogP) is 4.60. The van der Waals surface area contributed by atoms with Crippen molar-refractivity contribution in [2.45, 2.75) is 44.8 Å². The number of fused-ring (bicyclic) bond motifs is 1. The molecule has 0 unspecified atom stereocenters. The highest BCUT2D eigenvalue weighted by Gasteiger charge is 2.23. The number of aromatic nitrogens is 3. The van der Waals surface area contributed by atoms with Gasteiger partial charge in [-0.3, -0.25) is 0 Å². The number of nitrogen functional groups attached to an aromatic ring is 1. The highest BCUT2D eigenvalue weighted by atomic mass is 16.5. The molecule has 5 rings (SSSR count). The molecule has 0 amide bonds. The van der Waals surface area contributed by atoms with E-state index < -0.39 is 0 Å². The van der Waals surface area contributed by atoms with E-state index in [4.69, 9.17) is 21.2 Å². The molecule has 4 N–H and O–H groups in total. The fraction of sp³-hybridized carbons (Fsp3) is 0.280. The molecule has 1 saturated carbocycles. The summed E-state index contributed by atoms with van der Waals surface area (Å²) in [6.07, 6.45) is 5.87. The molecule has 6 nitrogen and oxygen atoms in total. The number of nitrogens with two attached hydrogens (primary N) is 2. The Bertz CT molecular complexity index is 1210. The average Bonchev–Trinajstić information content (AvgIpc) is 3.24. The highest BCUT2D eigenvalue weighted by Crippen LogP contribution is 2.33. The topological polar surface area (TPSA) is 91.5 Å². The Labute approximate surface area is 181 Å². The molecule has 2 aromatic carbocycles. The molecule has 2 heterocycles. The van der Waals surface area contributed by atoms with Gasteiger partial charge in [-0.05, 0) is 55.9 Å². The molecule has 0 atom stereocenters. The van der Waals surface area contributed by atoms with Gasteiger partial charge in [-0.2, -0.15) is 10.1 Å². The minimum Gasteiger partial charge on any atom is -0.474 e. The van der Waals surface area contributed by atoms with Crippen LogP contribution < -0.4 is 16.2 Å². The van der Waals surface area contributed by atoms with Gasteiger partial charge in [0.15, 0.2) is 5.65 Å². The van der Waals surface area contributed by atoms with Gasteiger partial charge >= 0.3 is 0 Å². The number of anilines is 1. The van der Waals surface area contributed by atoms with Crippen molar-refractivity contribution in [2.75, 3.05) is 5.73 Å². The van der Waals surface area contributed by atoms with Gasteiger partial charge in [0.2, 0.25) is 5.88 Å². The average molecular weight is 414 g/mol. The third-order valence-electron chi connectivity index (χ3n) is 6.10. The normalized spacial score (nSPS) is 18.9. The van der Waals surface area contributed by atoms with Crippen LogP contribution in [0.5, 0.6) is 5.88 Å². The van der Waals surface area contributed by atoms with Crippen LogP contribution in [0, 0.1) is 6.92 Å². The lowest BCUT2D eigenvalue weighted by Gasteiger charge is -2.27. The SMILES string of the molecule is Cc1c(OC2CCC(N)CC2)nc2ccnn2c1-c1ccc(-c2cccc(N)c2)cc1. The lowest BCUT2D eigenvalue weighted by molar-refractivity contribution is 0.140. The first-order chi connectivity index (χ1) is 15.1. The molecule has 0 bridgehead atoms. The Balaban J connectivity index is 1.51. The van der Waals surface area contributed by atoms with Crippen LogP contribution in [0.25, 0.3) is 28.0 Å². The minimum absolute atomic E-state index is 0.162. The quantitative estimate of drug-likeness (QED) is 0.477. The zero-order valence-corrected chi connectivity index (χ0v) is 17.7. The lowest BCUT2D eigenvalue weighted by atomic mass is 9.94. The van der Waals surface area contributed by atoms with Crippen molar-refractivity contribution in [1.29, 1.82) is 0 Å². The smallest absolute Gasteiger partial charge is 0.220 e. The molecule has 0 saturated heterocycles. The second kappa shape index (κ2) is 8.04. The van der Waals surface area contributed by atoms with Crippen molar-refractivity contribution in [3.63, 3.8) is 0 Å². The van der Waals surface area contributed by atoms with E-state index in [1.807, 2.05) is 28.8 Å². The molecule has 1 aliphatic carbocycles. The van der Waals surface area contributed by atoms with Gasteiger partial charge in [-0.15, -0.1) is 0 Å². The van der Waals surface area contributed by atoms with Crippen LogP contribution in [0.15, 0.2) is 60.8 Å². The summed E-state index contributed by atoms with van der Waals surface area (Å²) in [7, 11) is 0. The number of nitrogens with zero attached hydrogens (tertiary/aromatic N) is 3. The monoisotopic (exact) mass is 413 g/mol. The number of ether oxygens (including phenoxy) is 1. The molecule has 0 spiro atoms. The van der Waals surface area contributed by atoms with Gasteiger partial charge < -0.3 is 16.2 Å². The lowest BCUT2D eigenvalue weighted by Crippen LogP contribution is -2.32. The Morgan fingerprint density at radius 3 is 2.42 bits per heavy atom. The summed E-state index contributed by atoms with van der Waals surface area (Å²) in [4.78, 5) is 4.74. The van der Waals surface area contributed by atoms with Gasteiger partial charge in [-0.25, -0.2) is 4.52 Å². The maximum absolute atomic E-state index is 6.36. The van der Waals surface area contributed by atoms with E-state index in [1.54, 1.807) is 6.20 Å². The van der Waals surface area contributed by atoms with Crippen molar-refractivity contribution < 1.29 is 4.74 Å². The van der Waals surface area contributed by atoms with E-state index in [2.05, 4.69) is 42.4 Å². The van der Waals surface area contributed by atoms with Crippen molar-refractivity contribution in [1.82, 2.24) is 14.6 Å². The molecule has 31 heavy (non-hydrogen) atoms. The van der Waals surface area contributed by atoms with E-state index in [0.717, 1.165) is 65.0 Å². The molecule has 1 aliphatic rings. The molecule has 0 radical (unpaired) electrons. The molecule has 1 fully saturated rings. The van der Waals surface area contributed by atoms with Gasteiger partial charge in [0.05, 0.1) is 11.9 Å². The van der Waals surface area contributed by atoms with Crippen LogP contribution in [0.1, 0.15) is 31.2 Å². The van der Waals surface area contributed by atoms with E-state index in [-0.39, 0.29) is 6.10 Å². The number of hydrogen-bond donors (Lipinski definition) is 2. The van der Waals surface area contributed by atoms with Crippen LogP contribution in [-0.4, -0.2) is 26.7 Å². The second-order valence-corrected chi connectivity index (χ2v) is 8.35.